The van der Waals surface area contributed by atoms with Gasteiger partial charge in [0.05, 0.1) is 19.1 Å². The highest BCUT2D eigenvalue weighted by Crippen LogP contribution is 2.26. The Bertz CT molecular complexity index is 973. The summed E-state index contributed by atoms with van der Waals surface area (Å²) in [5, 5.41) is 2.95. The van der Waals surface area contributed by atoms with Crippen molar-refractivity contribution in [2.24, 2.45) is 0 Å². The van der Waals surface area contributed by atoms with Gasteiger partial charge in [-0.2, -0.15) is 0 Å². The first-order valence-electron chi connectivity index (χ1n) is 10.3. The fraction of sp³-hybridized carbons (Fsp3) is 0.435. The molecule has 1 amide bonds. The van der Waals surface area contributed by atoms with E-state index in [1.54, 1.807) is 31.2 Å². The molecule has 0 bridgehead atoms. The predicted octanol–water partition coefficient (Wildman–Crippen LogP) is 3.68. The summed E-state index contributed by atoms with van der Waals surface area (Å²) in [4.78, 5) is 13.1. The Kier molecular flexibility index (Phi) is 8.29. The van der Waals surface area contributed by atoms with Crippen molar-refractivity contribution in [1.82, 2.24) is 5.32 Å². The Morgan fingerprint density at radius 2 is 1.80 bits per heavy atom. The molecule has 164 valence electrons. The Hall–Kier alpha value is -2.54. The van der Waals surface area contributed by atoms with Gasteiger partial charge in [0.2, 0.25) is 15.9 Å². The number of rotatable bonds is 10. The first-order valence-corrected chi connectivity index (χ1v) is 12.1. The van der Waals surface area contributed by atoms with Crippen LogP contribution in [0.1, 0.15) is 43.9 Å². The van der Waals surface area contributed by atoms with Gasteiger partial charge in [-0.1, -0.05) is 45.0 Å². The number of ether oxygens (including phenoxy) is 1. The number of carbonyl (C=O) groups is 1. The van der Waals surface area contributed by atoms with Crippen molar-refractivity contribution in [3.8, 4) is 5.75 Å². The van der Waals surface area contributed by atoms with Gasteiger partial charge in [0.1, 0.15) is 11.8 Å². The smallest absolute Gasteiger partial charge is 0.244 e. The zero-order valence-corrected chi connectivity index (χ0v) is 19.3. The normalized spacial score (nSPS) is 12.3. The lowest BCUT2D eigenvalue weighted by molar-refractivity contribution is -0.122. The summed E-state index contributed by atoms with van der Waals surface area (Å²) in [6, 6.07) is 12.2. The third kappa shape index (κ3) is 5.75. The molecule has 0 spiro atoms. The summed E-state index contributed by atoms with van der Waals surface area (Å²) in [5.41, 5.74) is 3.85. The molecule has 30 heavy (non-hydrogen) atoms. The quantitative estimate of drug-likeness (QED) is 0.621. The van der Waals surface area contributed by atoms with Gasteiger partial charge in [0.15, 0.2) is 0 Å². The molecule has 0 radical (unpaired) electrons. The molecule has 0 heterocycles. The van der Waals surface area contributed by atoms with E-state index in [4.69, 9.17) is 4.74 Å². The van der Waals surface area contributed by atoms with Gasteiger partial charge in [-0.05, 0) is 48.1 Å². The SMILES string of the molecule is CCc1ccc(CC)c(CNC(=O)C(CC)N(c2cccc(OC)c2)S(C)(=O)=O)c1. The van der Waals surface area contributed by atoms with Gasteiger partial charge in [-0.3, -0.25) is 9.10 Å². The van der Waals surface area contributed by atoms with Crippen LogP contribution in [0.15, 0.2) is 42.5 Å². The monoisotopic (exact) mass is 432 g/mol. The number of nitrogens with one attached hydrogen (secondary N) is 1. The average molecular weight is 433 g/mol. The zero-order valence-electron chi connectivity index (χ0n) is 18.4. The van der Waals surface area contributed by atoms with Gasteiger partial charge in [0, 0.05) is 12.6 Å². The van der Waals surface area contributed by atoms with Crippen LogP contribution in [0.2, 0.25) is 0 Å². The maximum absolute atomic E-state index is 13.1. The summed E-state index contributed by atoms with van der Waals surface area (Å²) in [7, 11) is -2.17. The highest BCUT2D eigenvalue weighted by Gasteiger charge is 2.31. The number of anilines is 1. The lowest BCUT2D eigenvalue weighted by Gasteiger charge is -2.30. The molecule has 0 saturated heterocycles. The van der Waals surface area contributed by atoms with E-state index in [1.807, 2.05) is 0 Å². The fourth-order valence-corrected chi connectivity index (χ4v) is 4.72. The minimum Gasteiger partial charge on any atom is -0.497 e. The molecule has 1 N–H and O–H groups in total. The second-order valence-electron chi connectivity index (χ2n) is 7.21. The molecule has 6 nitrogen and oxygen atoms in total. The van der Waals surface area contributed by atoms with E-state index in [0.29, 0.717) is 24.4 Å². The van der Waals surface area contributed by atoms with Crippen molar-refractivity contribution in [2.45, 2.75) is 52.6 Å². The topological polar surface area (TPSA) is 75.7 Å². The Morgan fingerprint density at radius 1 is 1.07 bits per heavy atom. The minimum atomic E-state index is -3.69. The van der Waals surface area contributed by atoms with Crippen LogP contribution in [0.5, 0.6) is 5.75 Å². The predicted molar refractivity (Wildman–Crippen MR) is 121 cm³/mol. The van der Waals surface area contributed by atoms with Crippen molar-refractivity contribution in [3.05, 3.63) is 59.2 Å². The van der Waals surface area contributed by atoms with Crippen LogP contribution in [0, 0.1) is 0 Å². The standard InChI is InChI=1S/C23H32N2O4S/c1-6-17-12-13-18(7-2)19(14-17)16-24-23(26)22(8-3)25(30(5,27)28)20-10-9-11-21(15-20)29-4/h9-15,22H,6-8,16H2,1-5H3,(H,24,26). The summed E-state index contributed by atoms with van der Waals surface area (Å²) in [6.07, 6.45) is 3.24. The van der Waals surface area contributed by atoms with Crippen molar-refractivity contribution in [1.29, 1.82) is 0 Å². The van der Waals surface area contributed by atoms with E-state index in [1.165, 1.54) is 22.5 Å². The summed E-state index contributed by atoms with van der Waals surface area (Å²) in [5.74, 6) is 0.204. The van der Waals surface area contributed by atoms with E-state index >= 15 is 0 Å². The maximum atomic E-state index is 13.1. The third-order valence-corrected chi connectivity index (χ3v) is 6.33. The average Bonchev–Trinajstić information content (AvgIpc) is 2.74. The summed E-state index contributed by atoms with van der Waals surface area (Å²) >= 11 is 0. The molecule has 0 aromatic heterocycles. The van der Waals surface area contributed by atoms with E-state index in [9.17, 15) is 13.2 Å². The molecular formula is C23H32N2O4S. The van der Waals surface area contributed by atoms with Gasteiger partial charge < -0.3 is 10.1 Å². The molecule has 1 atom stereocenters. The summed E-state index contributed by atoms with van der Waals surface area (Å²) < 4.78 is 31.6. The first-order chi connectivity index (χ1) is 14.2. The highest BCUT2D eigenvalue weighted by atomic mass is 32.2. The van der Waals surface area contributed by atoms with E-state index < -0.39 is 16.1 Å². The van der Waals surface area contributed by atoms with E-state index in [0.717, 1.165) is 24.7 Å². The minimum absolute atomic E-state index is 0.324. The molecule has 2 aromatic carbocycles. The number of hydrogen-bond acceptors (Lipinski definition) is 4. The lowest BCUT2D eigenvalue weighted by Crippen LogP contribution is -2.49. The Morgan fingerprint density at radius 3 is 2.37 bits per heavy atom. The number of amides is 1. The second kappa shape index (κ2) is 10.5. The number of nitrogens with zero attached hydrogens (tertiary/aromatic N) is 1. The van der Waals surface area contributed by atoms with Crippen LogP contribution in [0.25, 0.3) is 0 Å². The third-order valence-electron chi connectivity index (χ3n) is 5.15. The van der Waals surface area contributed by atoms with Gasteiger partial charge in [-0.25, -0.2) is 8.42 Å². The maximum Gasteiger partial charge on any atom is 0.244 e. The van der Waals surface area contributed by atoms with Gasteiger partial charge in [0.25, 0.3) is 0 Å². The molecule has 1 unspecified atom stereocenters. The number of methoxy groups -OCH3 is 1. The second-order valence-corrected chi connectivity index (χ2v) is 9.07. The van der Waals surface area contributed by atoms with Crippen LogP contribution >= 0.6 is 0 Å². The van der Waals surface area contributed by atoms with Crippen molar-refractivity contribution in [3.63, 3.8) is 0 Å². The lowest BCUT2D eigenvalue weighted by atomic mass is 10.0. The fourth-order valence-electron chi connectivity index (χ4n) is 3.52. The largest absolute Gasteiger partial charge is 0.497 e. The molecule has 0 saturated carbocycles. The molecule has 0 aliphatic rings. The number of benzene rings is 2. The van der Waals surface area contributed by atoms with E-state index in [2.05, 4.69) is 37.4 Å². The van der Waals surface area contributed by atoms with Crippen molar-refractivity contribution < 1.29 is 17.9 Å². The molecular weight excluding hydrogens is 400 g/mol. The van der Waals surface area contributed by atoms with Crippen LogP contribution in [0.4, 0.5) is 5.69 Å². The van der Waals surface area contributed by atoms with Crippen LogP contribution < -0.4 is 14.4 Å². The molecule has 2 rings (SSSR count). The molecule has 0 aliphatic carbocycles. The molecule has 2 aromatic rings. The Balaban J connectivity index is 2.30. The van der Waals surface area contributed by atoms with Crippen LogP contribution in [-0.4, -0.2) is 33.7 Å². The number of aryl methyl sites for hydroxylation is 2. The zero-order chi connectivity index (χ0) is 22.3. The molecule has 0 fully saturated rings. The van der Waals surface area contributed by atoms with Crippen LogP contribution in [-0.2, 0) is 34.2 Å². The van der Waals surface area contributed by atoms with Crippen molar-refractivity contribution in [2.75, 3.05) is 17.7 Å². The van der Waals surface area contributed by atoms with Crippen molar-refractivity contribution >= 4 is 21.6 Å². The van der Waals surface area contributed by atoms with Gasteiger partial charge in [-0.15, -0.1) is 0 Å². The first kappa shape index (κ1) is 23.7. The summed E-state index contributed by atoms with van der Waals surface area (Å²) in [6.45, 7) is 6.34. The van der Waals surface area contributed by atoms with Gasteiger partial charge >= 0.3 is 0 Å². The van der Waals surface area contributed by atoms with Crippen LogP contribution in [0.3, 0.4) is 0 Å². The number of sulfonamides is 1. The number of hydrogen-bond donors (Lipinski definition) is 1. The number of carbonyl (C=O) groups excluding carboxylic acids is 1. The van der Waals surface area contributed by atoms with E-state index in [-0.39, 0.29) is 5.91 Å². The molecule has 7 heteroatoms. The molecule has 0 aliphatic heterocycles. The highest BCUT2D eigenvalue weighted by molar-refractivity contribution is 7.92. The Labute approximate surface area is 180 Å².